The Kier molecular flexibility index (Phi) is 4.07. The van der Waals surface area contributed by atoms with Crippen molar-refractivity contribution in [1.82, 2.24) is 9.97 Å². The standard InChI is InChI=1S/C10H11N5O2S2/c1-2-17-8(16)7-13-5(3-18-7)6-4-19-10(14-6)15-9(11)12/h3-4H,2H2,1H3,(H4,11,12,14,15). The van der Waals surface area contributed by atoms with E-state index in [-0.39, 0.29) is 5.96 Å². The van der Waals surface area contributed by atoms with Crippen LogP contribution in [0.2, 0.25) is 0 Å². The van der Waals surface area contributed by atoms with Gasteiger partial charge in [0.1, 0.15) is 11.4 Å². The summed E-state index contributed by atoms with van der Waals surface area (Å²) >= 11 is 2.50. The second-order valence-electron chi connectivity index (χ2n) is 3.31. The average molecular weight is 297 g/mol. The third-order valence-corrected chi connectivity index (χ3v) is 3.49. The molecular formula is C10H11N5O2S2. The molecule has 0 radical (unpaired) electrons. The van der Waals surface area contributed by atoms with Crippen LogP contribution < -0.4 is 11.5 Å². The fourth-order valence-corrected chi connectivity index (χ4v) is 2.62. The number of rotatable bonds is 4. The van der Waals surface area contributed by atoms with Gasteiger partial charge >= 0.3 is 5.97 Å². The molecule has 2 heterocycles. The highest BCUT2D eigenvalue weighted by molar-refractivity contribution is 7.14. The van der Waals surface area contributed by atoms with Crippen LogP contribution in [0.3, 0.4) is 0 Å². The molecular weight excluding hydrogens is 286 g/mol. The zero-order valence-corrected chi connectivity index (χ0v) is 11.6. The second kappa shape index (κ2) is 5.76. The van der Waals surface area contributed by atoms with Crippen LogP contribution in [-0.4, -0.2) is 28.5 Å². The predicted molar refractivity (Wildman–Crippen MR) is 74.6 cm³/mol. The molecule has 0 spiro atoms. The van der Waals surface area contributed by atoms with Gasteiger partial charge in [-0.2, -0.15) is 4.99 Å². The number of esters is 1. The van der Waals surface area contributed by atoms with Gasteiger partial charge in [0, 0.05) is 10.8 Å². The quantitative estimate of drug-likeness (QED) is 0.500. The molecule has 19 heavy (non-hydrogen) atoms. The lowest BCUT2D eigenvalue weighted by Crippen LogP contribution is -2.21. The van der Waals surface area contributed by atoms with E-state index in [1.54, 1.807) is 17.7 Å². The molecule has 0 aliphatic carbocycles. The third-order valence-electron chi connectivity index (χ3n) is 1.93. The minimum Gasteiger partial charge on any atom is -0.461 e. The SMILES string of the molecule is CCOC(=O)c1nc(-c2csc(N=C(N)N)n2)cs1. The zero-order valence-electron chi connectivity index (χ0n) is 9.99. The van der Waals surface area contributed by atoms with E-state index in [1.165, 1.54) is 22.7 Å². The van der Waals surface area contributed by atoms with E-state index in [1.807, 2.05) is 0 Å². The number of hydrogen-bond donors (Lipinski definition) is 2. The minimum absolute atomic E-state index is 0.0496. The van der Waals surface area contributed by atoms with Gasteiger partial charge in [-0.05, 0) is 6.92 Å². The molecule has 0 bridgehead atoms. The molecule has 7 nitrogen and oxygen atoms in total. The van der Waals surface area contributed by atoms with E-state index >= 15 is 0 Å². The maximum absolute atomic E-state index is 11.5. The Bertz CT molecular complexity index is 615. The number of nitrogens with zero attached hydrogens (tertiary/aromatic N) is 3. The molecule has 4 N–H and O–H groups in total. The van der Waals surface area contributed by atoms with Crippen molar-refractivity contribution in [2.45, 2.75) is 6.92 Å². The van der Waals surface area contributed by atoms with Gasteiger partial charge in [0.15, 0.2) is 5.96 Å². The summed E-state index contributed by atoms with van der Waals surface area (Å²) in [5.41, 5.74) is 11.8. The van der Waals surface area contributed by atoms with Gasteiger partial charge in [-0.3, -0.25) is 0 Å². The van der Waals surface area contributed by atoms with Crippen molar-refractivity contribution in [3.63, 3.8) is 0 Å². The monoisotopic (exact) mass is 297 g/mol. The lowest BCUT2D eigenvalue weighted by Gasteiger charge is -1.95. The fraction of sp³-hybridized carbons (Fsp3) is 0.200. The van der Waals surface area contributed by atoms with Crippen LogP contribution >= 0.6 is 22.7 Å². The molecule has 0 aliphatic heterocycles. The zero-order chi connectivity index (χ0) is 13.8. The van der Waals surface area contributed by atoms with Crippen molar-refractivity contribution in [3.8, 4) is 11.4 Å². The van der Waals surface area contributed by atoms with Gasteiger partial charge in [0.05, 0.1) is 6.61 Å². The third kappa shape index (κ3) is 3.26. The van der Waals surface area contributed by atoms with Crippen molar-refractivity contribution in [2.75, 3.05) is 6.61 Å². The van der Waals surface area contributed by atoms with Crippen LogP contribution in [0.1, 0.15) is 16.7 Å². The summed E-state index contributed by atoms with van der Waals surface area (Å²) in [6.07, 6.45) is 0. The first-order chi connectivity index (χ1) is 9.10. The molecule has 0 unspecified atom stereocenters. The first-order valence-electron chi connectivity index (χ1n) is 5.28. The number of ether oxygens (including phenoxy) is 1. The Morgan fingerprint density at radius 3 is 2.68 bits per heavy atom. The van der Waals surface area contributed by atoms with Crippen LogP contribution in [0.5, 0.6) is 0 Å². The van der Waals surface area contributed by atoms with E-state index in [0.717, 1.165) is 0 Å². The highest BCUT2D eigenvalue weighted by Crippen LogP contribution is 2.27. The number of hydrogen-bond acceptors (Lipinski definition) is 7. The Morgan fingerprint density at radius 2 is 2.00 bits per heavy atom. The van der Waals surface area contributed by atoms with E-state index < -0.39 is 5.97 Å². The number of nitrogens with two attached hydrogens (primary N) is 2. The summed E-state index contributed by atoms with van der Waals surface area (Å²) in [6.45, 7) is 2.06. The van der Waals surface area contributed by atoms with Gasteiger partial charge < -0.3 is 16.2 Å². The van der Waals surface area contributed by atoms with Crippen LogP contribution in [-0.2, 0) is 4.74 Å². The summed E-state index contributed by atoms with van der Waals surface area (Å²) in [5, 5.41) is 4.25. The van der Waals surface area contributed by atoms with E-state index in [0.29, 0.717) is 28.1 Å². The summed E-state index contributed by atoms with van der Waals surface area (Å²) in [4.78, 5) is 23.7. The first kappa shape index (κ1) is 13.4. The smallest absolute Gasteiger partial charge is 0.367 e. The fourth-order valence-electron chi connectivity index (χ4n) is 1.22. The Hall–Kier alpha value is -2.00. The molecule has 2 aromatic rings. The molecule has 0 aromatic carbocycles. The average Bonchev–Trinajstić information content (AvgIpc) is 2.96. The molecule has 0 aliphatic rings. The molecule has 100 valence electrons. The van der Waals surface area contributed by atoms with Crippen molar-refractivity contribution in [1.29, 1.82) is 0 Å². The largest absolute Gasteiger partial charge is 0.461 e. The van der Waals surface area contributed by atoms with Crippen LogP contribution in [0.15, 0.2) is 15.8 Å². The predicted octanol–water partition coefficient (Wildman–Crippen LogP) is 1.35. The molecule has 0 saturated carbocycles. The maximum Gasteiger partial charge on any atom is 0.367 e. The molecule has 0 amide bonds. The number of carbonyl (C=O) groups excluding carboxylic acids is 1. The summed E-state index contributed by atoms with van der Waals surface area (Å²) < 4.78 is 4.87. The molecule has 0 saturated heterocycles. The maximum atomic E-state index is 11.5. The van der Waals surface area contributed by atoms with Crippen molar-refractivity contribution in [3.05, 3.63) is 15.8 Å². The summed E-state index contributed by atoms with van der Waals surface area (Å²) in [6, 6.07) is 0. The van der Waals surface area contributed by atoms with Gasteiger partial charge in [-0.25, -0.2) is 14.8 Å². The lowest BCUT2D eigenvalue weighted by atomic mass is 10.4. The number of aromatic nitrogens is 2. The van der Waals surface area contributed by atoms with Crippen molar-refractivity contribution in [2.24, 2.45) is 16.5 Å². The molecule has 2 rings (SSSR count). The first-order valence-corrected chi connectivity index (χ1v) is 7.04. The van der Waals surface area contributed by atoms with Gasteiger partial charge in [0.2, 0.25) is 10.1 Å². The van der Waals surface area contributed by atoms with Crippen LogP contribution in [0, 0.1) is 0 Å². The molecule has 2 aromatic heterocycles. The molecule has 0 fully saturated rings. The topological polar surface area (TPSA) is 116 Å². The minimum atomic E-state index is -0.432. The van der Waals surface area contributed by atoms with Gasteiger partial charge in [-0.15, -0.1) is 22.7 Å². The van der Waals surface area contributed by atoms with Crippen molar-refractivity contribution >= 4 is 39.7 Å². The second-order valence-corrected chi connectivity index (χ2v) is 5.01. The number of thiazole rings is 2. The summed E-state index contributed by atoms with van der Waals surface area (Å²) in [5.74, 6) is -0.482. The van der Waals surface area contributed by atoms with Crippen LogP contribution in [0.25, 0.3) is 11.4 Å². The molecule has 0 atom stereocenters. The summed E-state index contributed by atoms with van der Waals surface area (Å²) in [7, 11) is 0. The Balaban J connectivity index is 2.21. The van der Waals surface area contributed by atoms with Gasteiger partial charge in [0.25, 0.3) is 0 Å². The van der Waals surface area contributed by atoms with E-state index in [9.17, 15) is 4.79 Å². The molecule has 9 heteroatoms. The number of guanidine groups is 1. The van der Waals surface area contributed by atoms with Crippen LogP contribution in [0.4, 0.5) is 5.13 Å². The number of aliphatic imine (C=N–C) groups is 1. The van der Waals surface area contributed by atoms with E-state index in [2.05, 4.69) is 15.0 Å². The normalized spacial score (nSPS) is 10.2. The Morgan fingerprint density at radius 1 is 1.32 bits per heavy atom. The van der Waals surface area contributed by atoms with Crippen molar-refractivity contribution < 1.29 is 9.53 Å². The number of carbonyl (C=O) groups is 1. The highest BCUT2D eigenvalue weighted by Gasteiger charge is 2.14. The van der Waals surface area contributed by atoms with E-state index in [4.69, 9.17) is 16.2 Å². The lowest BCUT2D eigenvalue weighted by molar-refractivity contribution is 0.0526. The highest BCUT2D eigenvalue weighted by atomic mass is 32.1. The Labute approximate surface area is 117 Å². The van der Waals surface area contributed by atoms with Gasteiger partial charge in [-0.1, -0.05) is 0 Å².